The van der Waals surface area contributed by atoms with Crippen LogP contribution < -0.4 is 10.1 Å². The van der Waals surface area contributed by atoms with Crippen molar-refractivity contribution in [3.05, 3.63) is 28.3 Å². The van der Waals surface area contributed by atoms with Crippen LogP contribution in [0.1, 0.15) is 36.9 Å². The van der Waals surface area contributed by atoms with Crippen LogP contribution in [0.25, 0.3) is 0 Å². The van der Waals surface area contributed by atoms with Gasteiger partial charge in [0.1, 0.15) is 5.75 Å². The van der Waals surface area contributed by atoms with Gasteiger partial charge in [0.05, 0.1) is 7.11 Å². The van der Waals surface area contributed by atoms with Crippen molar-refractivity contribution in [3.8, 4) is 5.75 Å². The predicted molar refractivity (Wildman–Crippen MR) is 71.9 cm³/mol. The van der Waals surface area contributed by atoms with Crippen molar-refractivity contribution >= 4 is 11.6 Å². The molecule has 0 radical (unpaired) electrons. The van der Waals surface area contributed by atoms with Crippen molar-refractivity contribution in [3.63, 3.8) is 0 Å². The zero-order valence-electron chi connectivity index (χ0n) is 10.7. The van der Waals surface area contributed by atoms with E-state index in [9.17, 15) is 0 Å². The molecule has 3 heteroatoms. The second kappa shape index (κ2) is 5.28. The molecule has 0 bridgehead atoms. The Morgan fingerprint density at radius 2 is 2.18 bits per heavy atom. The molecule has 94 valence electrons. The molecule has 17 heavy (non-hydrogen) atoms. The van der Waals surface area contributed by atoms with Crippen LogP contribution in [0.15, 0.2) is 12.1 Å². The molecule has 0 fully saturated rings. The van der Waals surface area contributed by atoms with Gasteiger partial charge in [-0.3, -0.25) is 0 Å². The summed E-state index contributed by atoms with van der Waals surface area (Å²) in [5, 5.41) is 4.24. The van der Waals surface area contributed by atoms with Crippen LogP contribution >= 0.6 is 11.6 Å². The van der Waals surface area contributed by atoms with E-state index in [-0.39, 0.29) is 0 Å². The smallest absolute Gasteiger partial charge is 0.120 e. The van der Waals surface area contributed by atoms with Crippen molar-refractivity contribution < 1.29 is 4.74 Å². The summed E-state index contributed by atoms with van der Waals surface area (Å²) < 4.78 is 5.31. The molecule has 1 aliphatic rings. The standard InChI is InChI=1S/C14H20ClNO/c1-9-4-5-11-12(14(6-9)16-2)7-10(17-3)8-13(11)15/h7-9,14,16H,4-6H2,1-3H3. The van der Waals surface area contributed by atoms with Gasteiger partial charge in [0.25, 0.3) is 0 Å². The van der Waals surface area contributed by atoms with Gasteiger partial charge < -0.3 is 10.1 Å². The number of fused-ring (bicyclic) bond motifs is 1. The monoisotopic (exact) mass is 253 g/mol. The second-order valence-electron chi connectivity index (χ2n) is 4.90. The average Bonchev–Trinajstić information content (AvgIpc) is 2.48. The van der Waals surface area contributed by atoms with Crippen LogP contribution in [-0.2, 0) is 6.42 Å². The summed E-state index contributed by atoms with van der Waals surface area (Å²) in [7, 11) is 3.70. The van der Waals surface area contributed by atoms with Crippen LogP contribution in [0, 0.1) is 5.92 Å². The minimum atomic E-state index is 0.384. The third-order valence-electron chi connectivity index (χ3n) is 3.69. The predicted octanol–water partition coefficient (Wildman–Crippen LogP) is 3.58. The molecule has 0 amide bonds. The van der Waals surface area contributed by atoms with Gasteiger partial charge >= 0.3 is 0 Å². The molecular weight excluding hydrogens is 234 g/mol. The molecule has 2 nitrogen and oxygen atoms in total. The molecule has 1 aromatic carbocycles. The van der Waals surface area contributed by atoms with E-state index in [1.54, 1.807) is 7.11 Å². The molecule has 0 spiro atoms. The maximum atomic E-state index is 6.36. The molecule has 0 aromatic heterocycles. The minimum absolute atomic E-state index is 0.384. The summed E-state index contributed by atoms with van der Waals surface area (Å²) in [4.78, 5) is 0. The average molecular weight is 254 g/mol. The summed E-state index contributed by atoms with van der Waals surface area (Å²) in [6, 6.07) is 4.43. The van der Waals surface area contributed by atoms with Gasteiger partial charge in [-0.2, -0.15) is 0 Å². The summed E-state index contributed by atoms with van der Waals surface area (Å²) >= 11 is 6.36. The molecular formula is C14H20ClNO. The van der Waals surface area contributed by atoms with E-state index in [2.05, 4.69) is 18.3 Å². The van der Waals surface area contributed by atoms with Crippen molar-refractivity contribution in [2.75, 3.05) is 14.2 Å². The highest BCUT2D eigenvalue weighted by Gasteiger charge is 2.23. The Morgan fingerprint density at radius 1 is 1.41 bits per heavy atom. The molecule has 1 aliphatic carbocycles. The van der Waals surface area contributed by atoms with Gasteiger partial charge in [0.15, 0.2) is 0 Å². The van der Waals surface area contributed by atoms with Crippen molar-refractivity contribution in [2.45, 2.75) is 32.2 Å². The Balaban J connectivity index is 2.48. The molecule has 2 atom stereocenters. The maximum Gasteiger partial charge on any atom is 0.120 e. The minimum Gasteiger partial charge on any atom is -0.497 e. The lowest BCUT2D eigenvalue weighted by molar-refractivity contribution is 0.409. The molecule has 2 unspecified atom stereocenters. The van der Waals surface area contributed by atoms with E-state index >= 15 is 0 Å². The molecule has 0 aliphatic heterocycles. The molecule has 2 rings (SSSR count). The highest BCUT2D eigenvalue weighted by Crippen LogP contribution is 2.37. The normalized spacial score (nSPS) is 24.0. The lowest BCUT2D eigenvalue weighted by Crippen LogP contribution is -2.18. The first-order valence-corrected chi connectivity index (χ1v) is 6.57. The van der Waals surface area contributed by atoms with E-state index in [0.717, 1.165) is 29.5 Å². The largest absolute Gasteiger partial charge is 0.497 e. The van der Waals surface area contributed by atoms with E-state index in [1.807, 2.05) is 13.1 Å². The summed E-state index contributed by atoms with van der Waals surface area (Å²) in [5.41, 5.74) is 2.59. The van der Waals surface area contributed by atoms with E-state index < -0.39 is 0 Å². The zero-order chi connectivity index (χ0) is 12.4. The number of halogens is 1. The number of methoxy groups -OCH3 is 1. The van der Waals surface area contributed by atoms with Gasteiger partial charge in [-0.1, -0.05) is 18.5 Å². The number of nitrogens with one attached hydrogen (secondary N) is 1. The number of hydrogen-bond donors (Lipinski definition) is 1. The molecule has 0 saturated carbocycles. The highest BCUT2D eigenvalue weighted by atomic mass is 35.5. The summed E-state index contributed by atoms with van der Waals surface area (Å²) in [6.07, 6.45) is 3.43. The Labute approximate surface area is 108 Å². The van der Waals surface area contributed by atoms with Crippen LogP contribution in [0.3, 0.4) is 0 Å². The fourth-order valence-electron chi connectivity index (χ4n) is 2.64. The van der Waals surface area contributed by atoms with Gasteiger partial charge in [0.2, 0.25) is 0 Å². The Kier molecular flexibility index (Phi) is 3.95. The van der Waals surface area contributed by atoms with Crippen LogP contribution in [0.2, 0.25) is 5.02 Å². The van der Waals surface area contributed by atoms with Crippen molar-refractivity contribution in [1.29, 1.82) is 0 Å². The highest BCUT2D eigenvalue weighted by molar-refractivity contribution is 6.31. The van der Waals surface area contributed by atoms with Crippen LogP contribution in [0.5, 0.6) is 5.75 Å². The van der Waals surface area contributed by atoms with Gasteiger partial charge in [-0.05, 0) is 55.5 Å². The van der Waals surface area contributed by atoms with Gasteiger partial charge in [-0.25, -0.2) is 0 Å². The summed E-state index contributed by atoms with van der Waals surface area (Å²) in [5.74, 6) is 1.57. The summed E-state index contributed by atoms with van der Waals surface area (Å²) in [6.45, 7) is 2.31. The fraction of sp³-hybridized carbons (Fsp3) is 0.571. The zero-order valence-corrected chi connectivity index (χ0v) is 11.5. The first kappa shape index (κ1) is 12.7. The molecule has 0 heterocycles. The van der Waals surface area contributed by atoms with E-state index in [4.69, 9.17) is 16.3 Å². The van der Waals surface area contributed by atoms with Crippen LogP contribution in [-0.4, -0.2) is 14.2 Å². The number of benzene rings is 1. The van der Waals surface area contributed by atoms with E-state index in [1.165, 1.54) is 17.5 Å². The Morgan fingerprint density at radius 3 is 2.82 bits per heavy atom. The second-order valence-corrected chi connectivity index (χ2v) is 5.31. The number of ether oxygens (including phenoxy) is 1. The van der Waals surface area contributed by atoms with Gasteiger partial charge in [-0.15, -0.1) is 0 Å². The number of hydrogen-bond acceptors (Lipinski definition) is 2. The maximum absolute atomic E-state index is 6.36. The fourth-order valence-corrected chi connectivity index (χ4v) is 2.95. The first-order chi connectivity index (χ1) is 8.15. The quantitative estimate of drug-likeness (QED) is 0.814. The van der Waals surface area contributed by atoms with Crippen LogP contribution in [0.4, 0.5) is 0 Å². The lowest BCUT2D eigenvalue weighted by atomic mass is 9.97. The molecule has 1 aromatic rings. The van der Waals surface area contributed by atoms with Crippen molar-refractivity contribution in [1.82, 2.24) is 5.32 Å². The van der Waals surface area contributed by atoms with Gasteiger partial charge in [0, 0.05) is 11.1 Å². The number of rotatable bonds is 2. The lowest BCUT2D eigenvalue weighted by Gasteiger charge is -2.20. The Hall–Kier alpha value is -0.730. The first-order valence-electron chi connectivity index (χ1n) is 6.19. The van der Waals surface area contributed by atoms with E-state index in [0.29, 0.717) is 6.04 Å². The van der Waals surface area contributed by atoms with Crippen molar-refractivity contribution in [2.24, 2.45) is 5.92 Å². The molecule has 0 saturated heterocycles. The SMILES string of the molecule is CNC1CC(C)CCc2c(Cl)cc(OC)cc21. The third kappa shape index (κ3) is 2.58. The topological polar surface area (TPSA) is 21.3 Å². The molecule has 1 N–H and O–H groups in total. The third-order valence-corrected chi connectivity index (χ3v) is 4.03. The Bertz CT molecular complexity index is 405.